The maximum Gasteiger partial charge on any atom is 0.248 e. The number of amides is 1. The predicted molar refractivity (Wildman–Crippen MR) is 80.9 cm³/mol. The van der Waals surface area contributed by atoms with Gasteiger partial charge in [0.2, 0.25) is 17.7 Å². The Hall–Kier alpha value is -2.61. The number of carbonyl (C=O) groups is 1. The number of aromatic nitrogens is 2. The lowest BCUT2D eigenvalue weighted by Crippen LogP contribution is -2.13. The molecule has 0 atom stereocenters. The smallest absolute Gasteiger partial charge is 0.248 e. The van der Waals surface area contributed by atoms with Crippen LogP contribution < -0.4 is 5.32 Å². The molecule has 0 aliphatic heterocycles. The Balaban J connectivity index is 1.57. The van der Waals surface area contributed by atoms with Crippen molar-refractivity contribution < 1.29 is 18.0 Å². The third-order valence-electron chi connectivity index (χ3n) is 3.01. The molecule has 0 saturated heterocycles. The fourth-order valence-electron chi connectivity index (χ4n) is 1.88. The molecule has 0 aliphatic rings. The highest BCUT2D eigenvalue weighted by Crippen LogP contribution is 2.21. The Morgan fingerprint density at radius 3 is 2.87 bits per heavy atom. The number of hydrogen-bond acceptors (Lipinski definition) is 5. The van der Waals surface area contributed by atoms with Crippen LogP contribution in [0.3, 0.4) is 0 Å². The van der Waals surface area contributed by atoms with Crippen LogP contribution in [0.1, 0.15) is 12.3 Å². The summed E-state index contributed by atoms with van der Waals surface area (Å²) >= 11 is 1.51. The molecule has 2 heterocycles. The molecule has 2 aromatic heterocycles. The fourth-order valence-corrected chi connectivity index (χ4v) is 2.51. The maximum absolute atomic E-state index is 13.4. The van der Waals surface area contributed by atoms with Gasteiger partial charge < -0.3 is 9.73 Å². The quantitative estimate of drug-likeness (QED) is 0.773. The lowest BCUT2D eigenvalue weighted by atomic mass is 10.2. The number of hydrogen-bond donors (Lipinski definition) is 1. The normalized spacial score (nSPS) is 10.7. The van der Waals surface area contributed by atoms with E-state index in [-0.39, 0.29) is 18.5 Å². The first kappa shape index (κ1) is 15.3. The van der Waals surface area contributed by atoms with Gasteiger partial charge in [-0.05, 0) is 23.6 Å². The van der Waals surface area contributed by atoms with Gasteiger partial charge in [-0.2, -0.15) is 11.3 Å². The summed E-state index contributed by atoms with van der Waals surface area (Å²) in [5, 5.41) is 13.9. The van der Waals surface area contributed by atoms with Crippen molar-refractivity contribution >= 4 is 22.9 Å². The van der Waals surface area contributed by atoms with Crippen LogP contribution in [-0.4, -0.2) is 16.1 Å². The van der Waals surface area contributed by atoms with Crippen LogP contribution >= 0.6 is 11.3 Å². The van der Waals surface area contributed by atoms with E-state index in [2.05, 4.69) is 15.5 Å². The standard InChI is InChI=1S/C15H11F2N3O2S/c16-10-1-2-12(11(17)7-10)18-13(21)3-4-14-19-20-15(22-14)9-5-6-23-8-9/h1-2,5-8H,3-4H2,(H,18,21). The molecule has 0 spiro atoms. The highest BCUT2D eigenvalue weighted by Gasteiger charge is 2.12. The second-order valence-electron chi connectivity index (χ2n) is 4.69. The number of thiophene rings is 1. The first-order valence-corrected chi connectivity index (χ1v) is 7.66. The average Bonchev–Trinajstić information content (AvgIpc) is 3.18. The third kappa shape index (κ3) is 3.78. The molecule has 0 fully saturated rings. The molecular formula is C15H11F2N3O2S. The summed E-state index contributed by atoms with van der Waals surface area (Å²) in [5.41, 5.74) is 0.757. The van der Waals surface area contributed by atoms with E-state index in [9.17, 15) is 13.6 Å². The van der Waals surface area contributed by atoms with Crippen LogP contribution in [0.25, 0.3) is 11.5 Å². The topological polar surface area (TPSA) is 68.0 Å². The molecular weight excluding hydrogens is 324 g/mol. The Kier molecular flexibility index (Phi) is 4.42. The molecule has 0 aliphatic carbocycles. The van der Waals surface area contributed by atoms with Gasteiger partial charge in [-0.1, -0.05) is 0 Å². The van der Waals surface area contributed by atoms with Gasteiger partial charge in [0.05, 0.1) is 5.69 Å². The molecule has 3 rings (SSSR count). The van der Waals surface area contributed by atoms with Crippen LogP contribution in [0.5, 0.6) is 0 Å². The number of carbonyl (C=O) groups excluding carboxylic acids is 1. The molecule has 118 valence electrons. The molecule has 0 radical (unpaired) electrons. The van der Waals surface area contributed by atoms with Crippen molar-refractivity contribution in [1.29, 1.82) is 0 Å². The molecule has 3 aromatic rings. The number of aryl methyl sites for hydroxylation is 1. The molecule has 0 bridgehead atoms. The number of rotatable bonds is 5. The Labute approximate surface area is 134 Å². The molecule has 8 heteroatoms. The van der Waals surface area contributed by atoms with Gasteiger partial charge in [0, 0.05) is 29.9 Å². The molecule has 5 nitrogen and oxygen atoms in total. The van der Waals surface area contributed by atoms with Crippen molar-refractivity contribution in [2.24, 2.45) is 0 Å². The number of benzene rings is 1. The summed E-state index contributed by atoms with van der Waals surface area (Å²) in [5.74, 6) is -1.24. The van der Waals surface area contributed by atoms with E-state index in [4.69, 9.17) is 4.42 Å². The van der Waals surface area contributed by atoms with Crippen molar-refractivity contribution in [2.45, 2.75) is 12.8 Å². The number of nitrogens with one attached hydrogen (secondary N) is 1. The van der Waals surface area contributed by atoms with Crippen molar-refractivity contribution in [3.8, 4) is 11.5 Å². The van der Waals surface area contributed by atoms with Gasteiger partial charge in [-0.25, -0.2) is 8.78 Å². The SMILES string of the molecule is O=C(CCc1nnc(-c2ccsc2)o1)Nc1ccc(F)cc1F. The maximum atomic E-state index is 13.4. The minimum atomic E-state index is -0.823. The van der Waals surface area contributed by atoms with Crippen LogP contribution in [-0.2, 0) is 11.2 Å². The minimum Gasteiger partial charge on any atom is -0.421 e. The van der Waals surface area contributed by atoms with E-state index >= 15 is 0 Å². The molecule has 0 saturated carbocycles. The van der Waals surface area contributed by atoms with Crippen molar-refractivity contribution in [3.05, 3.63) is 52.6 Å². The molecule has 23 heavy (non-hydrogen) atoms. The highest BCUT2D eigenvalue weighted by atomic mass is 32.1. The van der Waals surface area contributed by atoms with E-state index < -0.39 is 17.5 Å². The number of nitrogens with zero attached hydrogens (tertiary/aromatic N) is 2. The zero-order chi connectivity index (χ0) is 16.2. The highest BCUT2D eigenvalue weighted by molar-refractivity contribution is 7.08. The lowest BCUT2D eigenvalue weighted by molar-refractivity contribution is -0.116. The van der Waals surface area contributed by atoms with E-state index in [1.54, 1.807) is 0 Å². The van der Waals surface area contributed by atoms with E-state index in [0.29, 0.717) is 17.8 Å². The predicted octanol–water partition coefficient (Wildman–Crippen LogP) is 3.65. The van der Waals surface area contributed by atoms with Gasteiger partial charge in [-0.3, -0.25) is 4.79 Å². The van der Waals surface area contributed by atoms with Crippen LogP contribution in [0.4, 0.5) is 14.5 Å². The minimum absolute atomic E-state index is 0.0437. The van der Waals surface area contributed by atoms with Gasteiger partial charge in [0.25, 0.3) is 0 Å². The molecule has 1 amide bonds. The summed E-state index contributed by atoms with van der Waals surface area (Å²) in [7, 11) is 0. The van der Waals surface area contributed by atoms with Crippen molar-refractivity contribution in [1.82, 2.24) is 10.2 Å². The van der Waals surface area contributed by atoms with Crippen molar-refractivity contribution in [2.75, 3.05) is 5.32 Å². The molecule has 1 N–H and O–H groups in total. The monoisotopic (exact) mass is 335 g/mol. The Morgan fingerprint density at radius 1 is 1.26 bits per heavy atom. The zero-order valence-corrected chi connectivity index (χ0v) is 12.6. The summed E-state index contributed by atoms with van der Waals surface area (Å²) in [6.45, 7) is 0. The van der Waals surface area contributed by atoms with Gasteiger partial charge in [0.15, 0.2) is 0 Å². The van der Waals surface area contributed by atoms with Gasteiger partial charge in [0.1, 0.15) is 11.6 Å². The summed E-state index contributed by atoms with van der Waals surface area (Å²) < 4.78 is 31.7. The second kappa shape index (κ2) is 6.66. The molecule has 1 aromatic carbocycles. The van der Waals surface area contributed by atoms with Gasteiger partial charge >= 0.3 is 0 Å². The first-order chi connectivity index (χ1) is 11.1. The largest absolute Gasteiger partial charge is 0.421 e. The summed E-state index contributed by atoms with van der Waals surface area (Å²) in [6, 6.07) is 4.81. The second-order valence-corrected chi connectivity index (χ2v) is 5.47. The lowest BCUT2D eigenvalue weighted by Gasteiger charge is -2.05. The Morgan fingerprint density at radius 2 is 2.13 bits per heavy atom. The van der Waals surface area contributed by atoms with E-state index in [0.717, 1.165) is 11.6 Å². The van der Waals surface area contributed by atoms with E-state index in [1.165, 1.54) is 17.4 Å². The zero-order valence-electron chi connectivity index (χ0n) is 11.8. The summed E-state index contributed by atoms with van der Waals surface area (Å²) in [4.78, 5) is 11.8. The average molecular weight is 335 g/mol. The summed E-state index contributed by atoms with van der Waals surface area (Å²) in [6.07, 6.45) is 0.272. The van der Waals surface area contributed by atoms with Crippen molar-refractivity contribution in [3.63, 3.8) is 0 Å². The Bertz CT molecular complexity index is 818. The van der Waals surface area contributed by atoms with Crippen LogP contribution in [0.15, 0.2) is 39.4 Å². The van der Waals surface area contributed by atoms with Crippen LogP contribution in [0.2, 0.25) is 0 Å². The third-order valence-corrected chi connectivity index (χ3v) is 3.69. The van der Waals surface area contributed by atoms with E-state index in [1.807, 2.05) is 16.8 Å². The number of anilines is 1. The first-order valence-electron chi connectivity index (χ1n) is 6.71. The molecule has 0 unspecified atom stereocenters. The number of halogens is 2. The fraction of sp³-hybridized carbons (Fsp3) is 0.133. The van der Waals surface area contributed by atoms with Gasteiger partial charge in [-0.15, -0.1) is 10.2 Å². The van der Waals surface area contributed by atoms with Crippen LogP contribution in [0, 0.1) is 11.6 Å².